The van der Waals surface area contributed by atoms with Crippen LogP contribution < -0.4 is 19.1 Å². The van der Waals surface area contributed by atoms with E-state index in [4.69, 9.17) is 32.7 Å². The Hall–Kier alpha value is -3.47. The van der Waals surface area contributed by atoms with Crippen LogP contribution >= 0.6 is 23.2 Å². The molecule has 0 aliphatic heterocycles. The molecule has 0 aliphatic rings. The molecule has 0 unspecified atom stereocenters. The standard InChI is InChI=1S/C31H37Cl2N3O6S/c1-6-21(2)34-31(38)28(16-22-10-8-7-9-11-22)35(19-23-12-13-24(32)17-26(23)33)30(37)20-36(43(5,39)40)27-18-25(41-3)14-15-29(27)42-4/h7-15,17-18,21,28H,6,16,19-20H2,1-5H3,(H,34,38)/t21-,28-/m1/s1. The summed E-state index contributed by atoms with van der Waals surface area (Å²) >= 11 is 12.6. The molecule has 9 nitrogen and oxygen atoms in total. The number of sulfonamides is 1. The molecule has 2 amide bonds. The molecule has 2 atom stereocenters. The molecule has 12 heteroatoms. The van der Waals surface area contributed by atoms with Crippen molar-refractivity contribution in [2.24, 2.45) is 0 Å². The van der Waals surface area contributed by atoms with Gasteiger partial charge in [0.15, 0.2) is 0 Å². The monoisotopic (exact) mass is 649 g/mol. The molecule has 3 aromatic rings. The quantitative estimate of drug-likeness (QED) is 0.253. The minimum atomic E-state index is -4.01. The van der Waals surface area contributed by atoms with Crippen LogP contribution in [0.1, 0.15) is 31.4 Å². The second kappa shape index (κ2) is 15.3. The summed E-state index contributed by atoms with van der Waals surface area (Å²) in [5, 5.41) is 3.71. The summed E-state index contributed by atoms with van der Waals surface area (Å²) in [5.41, 5.74) is 1.48. The van der Waals surface area contributed by atoms with Gasteiger partial charge in [0.05, 0.1) is 26.2 Å². The van der Waals surface area contributed by atoms with Crippen LogP contribution in [0.15, 0.2) is 66.7 Å². The predicted molar refractivity (Wildman–Crippen MR) is 171 cm³/mol. The number of methoxy groups -OCH3 is 2. The maximum atomic E-state index is 14.3. The fourth-order valence-electron chi connectivity index (χ4n) is 4.41. The number of ether oxygens (including phenoxy) is 2. The molecular weight excluding hydrogens is 613 g/mol. The first kappa shape index (κ1) is 34.0. The normalized spacial score (nSPS) is 12.6. The average Bonchev–Trinajstić information content (AvgIpc) is 2.97. The molecule has 0 spiro atoms. The van der Waals surface area contributed by atoms with Gasteiger partial charge in [-0.2, -0.15) is 0 Å². The minimum Gasteiger partial charge on any atom is -0.497 e. The van der Waals surface area contributed by atoms with Crippen molar-refractivity contribution in [1.29, 1.82) is 0 Å². The van der Waals surface area contributed by atoms with E-state index in [2.05, 4.69) is 5.32 Å². The Labute approximate surface area is 263 Å². The van der Waals surface area contributed by atoms with Gasteiger partial charge in [-0.15, -0.1) is 0 Å². The molecule has 1 N–H and O–H groups in total. The van der Waals surface area contributed by atoms with Crippen LogP contribution in [0.2, 0.25) is 10.0 Å². The third-order valence-electron chi connectivity index (χ3n) is 6.96. The molecule has 0 radical (unpaired) electrons. The average molecular weight is 651 g/mol. The van der Waals surface area contributed by atoms with Gasteiger partial charge in [-0.1, -0.05) is 66.5 Å². The van der Waals surface area contributed by atoms with Gasteiger partial charge in [-0.3, -0.25) is 13.9 Å². The van der Waals surface area contributed by atoms with Crippen LogP contribution in [-0.2, 0) is 32.6 Å². The third kappa shape index (κ3) is 9.26. The zero-order valence-electron chi connectivity index (χ0n) is 24.8. The highest BCUT2D eigenvalue weighted by Crippen LogP contribution is 2.34. The second-order valence-corrected chi connectivity index (χ2v) is 12.8. The molecular formula is C31H37Cl2N3O6S. The Morgan fingerprint density at radius 2 is 1.67 bits per heavy atom. The molecule has 232 valence electrons. The third-order valence-corrected chi connectivity index (χ3v) is 8.68. The molecule has 43 heavy (non-hydrogen) atoms. The van der Waals surface area contributed by atoms with Crippen molar-refractivity contribution in [2.75, 3.05) is 31.3 Å². The molecule has 0 aromatic heterocycles. The Morgan fingerprint density at radius 3 is 2.26 bits per heavy atom. The lowest BCUT2D eigenvalue weighted by atomic mass is 10.0. The summed E-state index contributed by atoms with van der Waals surface area (Å²) < 4.78 is 37.9. The van der Waals surface area contributed by atoms with Gasteiger partial charge in [-0.25, -0.2) is 8.42 Å². The number of carbonyl (C=O) groups is 2. The molecule has 0 saturated carbocycles. The lowest BCUT2D eigenvalue weighted by Crippen LogP contribution is -2.54. The molecule has 0 fully saturated rings. The lowest BCUT2D eigenvalue weighted by Gasteiger charge is -2.34. The number of hydrogen-bond donors (Lipinski definition) is 1. The van der Waals surface area contributed by atoms with E-state index in [0.717, 1.165) is 16.1 Å². The first-order valence-electron chi connectivity index (χ1n) is 13.6. The first-order valence-corrected chi connectivity index (χ1v) is 16.3. The van der Waals surface area contributed by atoms with E-state index in [1.54, 1.807) is 30.3 Å². The number of nitrogens with one attached hydrogen (secondary N) is 1. The molecule has 0 bridgehead atoms. The van der Waals surface area contributed by atoms with Gasteiger partial charge >= 0.3 is 0 Å². The topological polar surface area (TPSA) is 105 Å². The SMILES string of the molecule is CC[C@@H](C)NC(=O)[C@@H](Cc1ccccc1)N(Cc1ccc(Cl)cc1Cl)C(=O)CN(c1cc(OC)ccc1OC)S(C)(=O)=O. The van der Waals surface area contributed by atoms with Crippen molar-refractivity contribution in [1.82, 2.24) is 10.2 Å². The Bertz CT molecular complexity index is 1520. The van der Waals surface area contributed by atoms with Gasteiger partial charge in [-0.05, 0) is 48.7 Å². The van der Waals surface area contributed by atoms with Crippen LogP contribution in [0.4, 0.5) is 5.69 Å². The Morgan fingerprint density at radius 1 is 0.977 bits per heavy atom. The fourth-order valence-corrected chi connectivity index (χ4v) is 5.73. The van der Waals surface area contributed by atoms with Gasteiger partial charge in [0.2, 0.25) is 21.8 Å². The zero-order valence-corrected chi connectivity index (χ0v) is 27.2. The van der Waals surface area contributed by atoms with Crippen LogP contribution in [0.5, 0.6) is 11.5 Å². The van der Waals surface area contributed by atoms with E-state index in [0.29, 0.717) is 27.8 Å². The number of carbonyl (C=O) groups excluding carboxylic acids is 2. The largest absolute Gasteiger partial charge is 0.497 e. The number of halogens is 2. The summed E-state index contributed by atoms with van der Waals surface area (Å²) in [6.45, 7) is 3.13. The van der Waals surface area contributed by atoms with E-state index < -0.39 is 28.5 Å². The van der Waals surface area contributed by atoms with Crippen molar-refractivity contribution in [3.8, 4) is 11.5 Å². The van der Waals surface area contributed by atoms with Gasteiger partial charge in [0.1, 0.15) is 24.1 Å². The van der Waals surface area contributed by atoms with Gasteiger partial charge in [0.25, 0.3) is 0 Å². The zero-order chi connectivity index (χ0) is 31.7. The molecule has 0 heterocycles. The maximum Gasteiger partial charge on any atom is 0.244 e. The van der Waals surface area contributed by atoms with E-state index >= 15 is 0 Å². The number of nitrogens with zero attached hydrogens (tertiary/aromatic N) is 2. The van der Waals surface area contributed by atoms with E-state index in [9.17, 15) is 18.0 Å². The fraction of sp³-hybridized carbons (Fsp3) is 0.355. The van der Waals surface area contributed by atoms with Crippen LogP contribution in [0, 0.1) is 0 Å². The molecule has 0 saturated heterocycles. The number of rotatable bonds is 14. The van der Waals surface area contributed by atoms with E-state index in [1.165, 1.54) is 25.2 Å². The van der Waals surface area contributed by atoms with E-state index in [1.807, 2.05) is 44.2 Å². The summed E-state index contributed by atoms with van der Waals surface area (Å²) in [7, 11) is -1.16. The predicted octanol–water partition coefficient (Wildman–Crippen LogP) is 5.33. The van der Waals surface area contributed by atoms with Crippen molar-refractivity contribution >= 4 is 50.7 Å². The maximum absolute atomic E-state index is 14.3. The number of amides is 2. The number of anilines is 1. The van der Waals surface area contributed by atoms with Crippen molar-refractivity contribution < 1.29 is 27.5 Å². The van der Waals surface area contributed by atoms with Crippen LogP contribution in [0.25, 0.3) is 0 Å². The Balaban J connectivity index is 2.14. The summed E-state index contributed by atoms with van der Waals surface area (Å²) in [4.78, 5) is 29.5. The van der Waals surface area contributed by atoms with Crippen molar-refractivity contribution in [2.45, 2.75) is 45.3 Å². The number of benzene rings is 3. The highest BCUT2D eigenvalue weighted by atomic mass is 35.5. The van der Waals surface area contributed by atoms with Crippen LogP contribution in [0.3, 0.4) is 0 Å². The molecule has 3 rings (SSSR count). The lowest BCUT2D eigenvalue weighted by molar-refractivity contribution is -0.140. The molecule has 3 aromatic carbocycles. The van der Waals surface area contributed by atoms with Gasteiger partial charge < -0.3 is 19.7 Å². The summed E-state index contributed by atoms with van der Waals surface area (Å²) in [6.07, 6.45) is 1.86. The smallest absolute Gasteiger partial charge is 0.244 e. The van der Waals surface area contributed by atoms with Crippen molar-refractivity contribution in [3.63, 3.8) is 0 Å². The van der Waals surface area contributed by atoms with Crippen molar-refractivity contribution in [3.05, 3.63) is 87.9 Å². The summed E-state index contributed by atoms with van der Waals surface area (Å²) in [6, 6.07) is 17.7. The van der Waals surface area contributed by atoms with E-state index in [-0.39, 0.29) is 36.4 Å². The second-order valence-electron chi connectivity index (χ2n) is 10.1. The highest BCUT2D eigenvalue weighted by molar-refractivity contribution is 7.92. The van der Waals surface area contributed by atoms with Gasteiger partial charge in [0, 0.05) is 35.1 Å². The number of hydrogen-bond acceptors (Lipinski definition) is 6. The van der Waals surface area contributed by atoms with Crippen LogP contribution in [-0.4, -0.2) is 64.2 Å². The molecule has 0 aliphatic carbocycles. The highest BCUT2D eigenvalue weighted by Gasteiger charge is 2.34. The first-order chi connectivity index (χ1) is 20.4. The minimum absolute atomic E-state index is 0.0763. The summed E-state index contributed by atoms with van der Waals surface area (Å²) in [5.74, 6) is -0.402. The Kier molecular flexibility index (Phi) is 12.1.